The Hall–Kier alpha value is -1.39. The van der Waals surface area contributed by atoms with Crippen LogP contribution < -0.4 is 5.32 Å². The van der Waals surface area contributed by atoms with Crippen LogP contribution in [0.2, 0.25) is 0 Å². The number of allylic oxidation sites excluding steroid dienone is 5. The molecular formula is C31H57NO3. The van der Waals surface area contributed by atoms with Gasteiger partial charge in [-0.2, -0.15) is 0 Å². The fraction of sp³-hybridized carbons (Fsp3) is 0.774. The average Bonchev–Trinajstić information content (AvgIpc) is 2.86. The molecule has 0 saturated carbocycles. The van der Waals surface area contributed by atoms with Crippen molar-refractivity contribution in [3.63, 3.8) is 0 Å². The Bertz CT molecular complexity index is 541. The summed E-state index contributed by atoms with van der Waals surface area (Å²) in [5, 5.41) is 22.6. The summed E-state index contributed by atoms with van der Waals surface area (Å²) in [6.07, 6.45) is 33.6. The summed E-state index contributed by atoms with van der Waals surface area (Å²) in [6.45, 7) is 4.22. The Labute approximate surface area is 217 Å². The SMILES string of the molecule is CCCCCCCC/C=C\C/C=C\CCC(=O)NC(CO)C(O)/C=C/CCCCCCCCCC. The van der Waals surface area contributed by atoms with Crippen LogP contribution in [0.4, 0.5) is 0 Å². The maximum absolute atomic E-state index is 12.2. The maximum Gasteiger partial charge on any atom is 0.220 e. The van der Waals surface area contributed by atoms with Gasteiger partial charge in [0.25, 0.3) is 0 Å². The first-order valence-corrected chi connectivity index (χ1v) is 14.7. The molecule has 3 N–H and O–H groups in total. The minimum Gasteiger partial charge on any atom is -0.394 e. The van der Waals surface area contributed by atoms with Gasteiger partial charge in [0.05, 0.1) is 18.8 Å². The summed E-state index contributed by atoms with van der Waals surface area (Å²) in [4.78, 5) is 12.2. The molecule has 0 rings (SSSR count). The highest BCUT2D eigenvalue weighted by atomic mass is 16.3. The van der Waals surface area contributed by atoms with E-state index in [2.05, 4.69) is 37.4 Å². The molecule has 0 fully saturated rings. The van der Waals surface area contributed by atoms with Crippen LogP contribution in [0.25, 0.3) is 0 Å². The number of carbonyl (C=O) groups is 1. The van der Waals surface area contributed by atoms with Gasteiger partial charge < -0.3 is 15.5 Å². The molecule has 0 bridgehead atoms. The zero-order valence-corrected chi connectivity index (χ0v) is 23.1. The molecule has 2 atom stereocenters. The van der Waals surface area contributed by atoms with Crippen molar-refractivity contribution in [2.24, 2.45) is 0 Å². The van der Waals surface area contributed by atoms with Crippen LogP contribution in [0.1, 0.15) is 136 Å². The molecule has 0 aliphatic carbocycles. The second kappa shape index (κ2) is 27.2. The minimum absolute atomic E-state index is 0.136. The first kappa shape index (κ1) is 33.6. The molecule has 35 heavy (non-hydrogen) atoms. The average molecular weight is 492 g/mol. The van der Waals surface area contributed by atoms with Gasteiger partial charge in [0, 0.05) is 6.42 Å². The molecule has 1 amide bonds. The van der Waals surface area contributed by atoms with Gasteiger partial charge in [-0.15, -0.1) is 0 Å². The fourth-order valence-electron chi connectivity index (χ4n) is 4.05. The van der Waals surface area contributed by atoms with E-state index in [1.54, 1.807) is 6.08 Å². The van der Waals surface area contributed by atoms with Crippen LogP contribution in [0.15, 0.2) is 36.5 Å². The third kappa shape index (κ3) is 24.1. The van der Waals surface area contributed by atoms with E-state index in [9.17, 15) is 15.0 Å². The van der Waals surface area contributed by atoms with Crippen LogP contribution in [0, 0.1) is 0 Å². The van der Waals surface area contributed by atoms with Crippen molar-refractivity contribution in [3.8, 4) is 0 Å². The number of carbonyl (C=O) groups excluding carboxylic acids is 1. The summed E-state index contributed by atoms with van der Waals surface area (Å²) in [5.41, 5.74) is 0. The van der Waals surface area contributed by atoms with Crippen LogP contribution in [-0.4, -0.2) is 34.9 Å². The van der Waals surface area contributed by atoms with E-state index in [1.807, 2.05) is 12.2 Å². The van der Waals surface area contributed by atoms with Crippen LogP contribution in [0.5, 0.6) is 0 Å². The normalized spacial score (nSPS) is 13.8. The summed E-state index contributed by atoms with van der Waals surface area (Å²) < 4.78 is 0. The second-order valence-corrected chi connectivity index (χ2v) is 9.81. The summed E-state index contributed by atoms with van der Waals surface area (Å²) >= 11 is 0. The van der Waals surface area contributed by atoms with E-state index in [-0.39, 0.29) is 12.5 Å². The number of hydrogen-bond acceptors (Lipinski definition) is 3. The zero-order valence-electron chi connectivity index (χ0n) is 23.1. The Morgan fingerprint density at radius 1 is 0.686 bits per heavy atom. The molecule has 0 radical (unpaired) electrons. The molecule has 204 valence electrons. The fourth-order valence-corrected chi connectivity index (χ4v) is 4.05. The van der Waals surface area contributed by atoms with E-state index in [0.717, 1.165) is 25.7 Å². The van der Waals surface area contributed by atoms with Gasteiger partial charge in [0.1, 0.15) is 0 Å². The third-order valence-electron chi connectivity index (χ3n) is 6.38. The Balaban J connectivity index is 3.82. The lowest BCUT2D eigenvalue weighted by Gasteiger charge is -2.19. The number of aliphatic hydroxyl groups excluding tert-OH is 2. The number of aliphatic hydroxyl groups is 2. The van der Waals surface area contributed by atoms with Crippen LogP contribution >= 0.6 is 0 Å². The van der Waals surface area contributed by atoms with Crippen molar-refractivity contribution in [2.45, 2.75) is 148 Å². The lowest BCUT2D eigenvalue weighted by atomic mass is 10.1. The predicted octanol–water partition coefficient (Wildman–Crippen LogP) is 7.94. The largest absolute Gasteiger partial charge is 0.394 e. The van der Waals surface area contributed by atoms with Crippen molar-refractivity contribution in [3.05, 3.63) is 36.5 Å². The smallest absolute Gasteiger partial charge is 0.220 e. The molecule has 4 nitrogen and oxygen atoms in total. The van der Waals surface area contributed by atoms with Gasteiger partial charge in [-0.25, -0.2) is 0 Å². The van der Waals surface area contributed by atoms with Crippen molar-refractivity contribution < 1.29 is 15.0 Å². The van der Waals surface area contributed by atoms with Gasteiger partial charge in [-0.3, -0.25) is 4.79 Å². The highest BCUT2D eigenvalue weighted by molar-refractivity contribution is 5.76. The Morgan fingerprint density at radius 2 is 1.17 bits per heavy atom. The molecular weight excluding hydrogens is 434 g/mol. The molecule has 0 heterocycles. The second-order valence-electron chi connectivity index (χ2n) is 9.81. The molecule has 0 saturated heterocycles. The number of hydrogen-bond donors (Lipinski definition) is 3. The molecule has 2 unspecified atom stereocenters. The summed E-state index contributed by atoms with van der Waals surface area (Å²) in [6, 6.07) is -0.647. The molecule has 4 heteroatoms. The first-order chi connectivity index (χ1) is 17.2. The Morgan fingerprint density at radius 3 is 1.71 bits per heavy atom. The predicted molar refractivity (Wildman–Crippen MR) is 152 cm³/mol. The molecule has 0 aromatic carbocycles. The summed E-state index contributed by atoms with van der Waals surface area (Å²) in [5.74, 6) is -0.136. The van der Waals surface area contributed by atoms with E-state index in [0.29, 0.717) is 12.8 Å². The number of nitrogens with one attached hydrogen (secondary N) is 1. The molecule has 0 spiro atoms. The topological polar surface area (TPSA) is 69.6 Å². The van der Waals surface area contributed by atoms with Gasteiger partial charge in [0.15, 0.2) is 0 Å². The standard InChI is InChI=1S/C31H57NO3/c1-3-5-7-9-11-13-15-16-17-19-21-23-25-27-31(35)32-29(28-33)30(34)26-24-22-20-18-14-12-10-8-6-4-2/h16-17,21,23-24,26,29-30,33-34H,3-15,18-20,22,25,27-28H2,1-2H3,(H,32,35)/b17-16-,23-21-,26-24+. The highest BCUT2D eigenvalue weighted by Crippen LogP contribution is 2.10. The van der Waals surface area contributed by atoms with E-state index in [4.69, 9.17) is 0 Å². The van der Waals surface area contributed by atoms with E-state index in [1.165, 1.54) is 83.5 Å². The van der Waals surface area contributed by atoms with E-state index >= 15 is 0 Å². The highest BCUT2D eigenvalue weighted by Gasteiger charge is 2.17. The van der Waals surface area contributed by atoms with Crippen LogP contribution in [-0.2, 0) is 4.79 Å². The van der Waals surface area contributed by atoms with E-state index < -0.39 is 12.1 Å². The lowest BCUT2D eigenvalue weighted by Crippen LogP contribution is -2.45. The van der Waals surface area contributed by atoms with Gasteiger partial charge in [-0.05, 0) is 38.5 Å². The molecule has 0 aromatic heterocycles. The molecule has 0 aliphatic heterocycles. The monoisotopic (exact) mass is 491 g/mol. The number of amides is 1. The maximum atomic E-state index is 12.2. The quantitative estimate of drug-likeness (QED) is 0.0896. The summed E-state index contributed by atoms with van der Waals surface area (Å²) in [7, 11) is 0. The molecule has 0 aliphatic rings. The van der Waals surface area contributed by atoms with Crippen molar-refractivity contribution >= 4 is 5.91 Å². The van der Waals surface area contributed by atoms with Crippen molar-refractivity contribution in [1.29, 1.82) is 0 Å². The van der Waals surface area contributed by atoms with Crippen molar-refractivity contribution in [2.75, 3.05) is 6.61 Å². The first-order valence-electron chi connectivity index (χ1n) is 14.7. The number of unbranched alkanes of at least 4 members (excludes halogenated alkanes) is 14. The van der Waals surface area contributed by atoms with Gasteiger partial charge in [-0.1, -0.05) is 127 Å². The molecule has 0 aromatic rings. The minimum atomic E-state index is -0.856. The lowest BCUT2D eigenvalue weighted by molar-refractivity contribution is -0.122. The van der Waals surface area contributed by atoms with Gasteiger partial charge >= 0.3 is 0 Å². The third-order valence-corrected chi connectivity index (χ3v) is 6.38. The number of rotatable bonds is 25. The van der Waals surface area contributed by atoms with Gasteiger partial charge in [0.2, 0.25) is 5.91 Å². The van der Waals surface area contributed by atoms with Crippen molar-refractivity contribution in [1.82, 2.24) is 5.32 Å². The zero-order chi connectivity index (χ0) is 25.8. The Kier molecular flexibility index (Phi) is 26.1. The van der Waals surface area contributed by atoms with Crippen LogP contribution in [0.3, 0.4) is 0 Å².